The Morgan fingerprint density at radius 1 is 1.38 bits per heavy atom. The maximum Gasteiger partial charge on any atom is 0.219 e. The van der Waals surface area contributed by atoms with Gasteiger partial charge in [-0.1, -0.05) is 0 Å². The van der Waals surface area contributed by atoms with Gasteiger partial charge in [-0.2, -0.15) is 5.10 Å². The van der Waals surface area contributed by atoms with E-state index in [2.05, 4.69) is 35.0 Å². The van der Waals surface area contributed by atoms with Gasteiger partial charge in [0.2, 0.25) is 5.91 Å². The average molecular weight is 327 g/mol. The lowest BCUT2D eigenvalue weighted by Gasteiger charge is -2.32. The van der Waals surface area contributed by atoms with E-state index in [1.54, 1.807) is 13.3 Å². The zero-order chi connectivity index (χ0) is 17.1. The second kappa shape index (κ2) is 7.11. The summed E-state index contributed by atoms with van der Waals surface area (Å²) in [4.78, 5) is 22.4. The molecule has 2 aromatic heterocycles. The summed E-state index contributed by atoms with van der Waals surface area (Å²) in [6.07, 6.45) is 6.54. The third-order valence-corrected chi connectivity index (χ3v) is 4.61. The van der Waals surface area contributed by atoms with Crippen LogP contribution in [0, 0.1) is 5.92 Å². The van der Waals surface area contributed by atoms with Gasteiger partial charge in [0.15, 0.2) is 0 Å². The Balaban J connectivity index is 1.76. The van der Waals surface area contributed by atoms with E-state index in [4.69, 9.17) is 0 Å². The van der Waals surface area contributed by atoms with E-state index in [-0.39, 0.29) is 11.9 Å². The normalized spacial score (nSPS) is 18.2. The van der Waals surface area contributed by atoms with Crippen molar-refractivity contribution in [3.63, 3.8) is 0 Å². The van der Waals surface area contributed by atoms with Crippen molar-refractivity contribution in [1.29, 1.82) is 0 Å². The molecule has 1 aliphatic rings. The summed E-state index contributed by atoms with van der Waals surface area (Å²) in [5, 5.41) is 4.38. The largest absolute Gasteiger partial charge is 0.343 e. The minimum absolute atomic E-state index is 0.170. The van der Waals surface area contributed by atoms with Crippen molar-refractivity contribution in [1.82, 2.24) is 24.6 Å². The summed E-state index contributed by atoms with van der Waals surface area (Å²) in [7, 11) is 0. The van der Waals surface area contributed by atoms with E-state index < -0.39 is 0 Å². The number of hydrogen-bond donors (Lipinski definition) is 0. The van der Waals surface area contributed by atoms with E-state index in [9.17, 15) is 4.79 Å². The molecule has 2 aromatic rings. The molecule has 0 N–H and O–H groups in total. The highest BCUT2D eigenvalue weighted by molar-refractivity contribution is 5.73. The number of hydrogen-bond acceptors (Lipinski definition) is 4. The predicted molar refractivity (Wildman–Crippen MR) is 92.3 cm³/mol. The monoisotopic (exact) mass is 327 g/mol. The Morgan fingerprint density at radius 2 is 2.21 bits per heavy atom. The minimum atomic E-state index is 0.170. The number of rotatable bonds is 4. The molecule has 1 unspecified atom stereocenters. The summed E-state index contributed by atoms with van der Waals surface area (Å²) in [6, 6.07) is 4.34. The summed E-state index contributed by atoms with van der Waals surface area (Å²) in [5.41, 5.74) is 2.96. The Bertz CT molecular complexity index is 709. The Hall–Kier alpha value is -2.24. The number of amides is 1. The van der Waals surface area contributed by atoms with Gasteiger partial charge in [0.1, 0.15) is 6.33 Å². The summed E-state index contributed by atoms with van der Waals surface area (Å²) in [6.45, 7) is 7.58. The van der Waals surface area contributed by atoms with Crippen molar-refractivity contribution in [2.24, 2.45) is 5.92 Å². The molecule has 6 nitrogen and oxygen atoms in total. The number of piperidine rings is 1. The molecule has 0 radical (unpaired) electrons. The van der Waals surface area contributed by atoms with Crippen LogP contribution in [0.3, 0.4) is 0 Å². The van der Waals surface area contributed by atoms with Crippen LogP contribution in [0.25, 0.3) is 11.4 Å². The first-order valence-corrected chi connectivity index (χ1v) is 8.65. The lowest BCUT2D eigenvalue weighted by atomic mass is 9.93. The Morgan fingerprint density at radius 3 is 2.96 bits per heavy atom. The molecule has 0 bridgehead atoms. The fraction of sp³-hybridized carbons (Fsp3) is 0.556. The topological polar surface area (TPSA) is 63.9 Å². The first-order chi connectivity index (χ1) is 11.5. The molecule has 1 saturated heterocycles. The molecule has 1 fully saturated rings. The van der Waals surface area contributed by atoms with E-state index in [0.717, 1.165) is 49.4 Å². The quantitative estimate of drug-likeness (QED) is 0.866. The van der Waals surface area contributed by atoms with Gasteiger partial charge >= 0.3 is 0 Å². The lowest BCUT2D eigenvalue weighted by molar-refractivity contribution is -0.130. The van der Waals surface area contributed by atoms with Gasteiger partial charge in [-0.15, -0.1) is 0 Å². The highest BCUT2D eigenvalue weighted by atomic mass is 16.2. The highest BCUT2D eigenvalue weighted by Gasteiger charge is 2.22. The lowest BCUT2D eigenvalue weighted by Crippen LogP contribution is -2.39. The molecule has 24 heavy (non-hydrogen) atoms. The number of likely N-dealkylation sites (tertiary alicyclic amines) is 1. The van der Waals surface area contributed by atoms with Crippen molar-refractivity contribution in [2.75, 3.05) is 13.1 Å². The molecule has 1 amide bonds. The van der Waals surface area contributed by atoms with Crippen molar-refractivity contribution in [3.05, 3.63) is 30.4 Å². The second-order valence-corrected chi connectivity index (χ2v) is 6.83. The molecule has 0 saturated carbocycles. The van der Waals surface area contributed by atoms with Crippen LogP contribution >= 0.6 is 0 Å². The molecule has 1 aliphatic heterocycles. The zero-order valence-corrected chi connectivity index (χ0v) is 14.6. The second-order valence-electron chi connectivity index (χ2n) is 6.83. The maximum atomic E-state index is 11.6. The van der Waals surface area contributed by atoms with Crippen LogP contribution in [-0.4, -0.2) is 43.6 Å². The SMILES string of the molecule is CC(=O)N1CCCC(Cc2cc(-c3ccnn3C(C)C)ncn2)C1. The van der Waals surface area contributed by atoms with Crippen molar-refractivity contribution < 1.29 is 4.79 Å². The van der Waals surface area contributed by atoms with Crippen LogP contribution < -0.4 is 0 Å². The Labute approximate surface area is 142 Å². The van der Waals surface area contributed by atoms with Crippen LogP contribution in [0.4, 0.5) is 0 Å². The number of aromatic nitrogens is 4. The van der Waals surface area contributed by atoms with E-state index in [1.807, 2.05) is 21.8 Å². The summed E-state index contributed by atoms with van der Waals surface area (Å²) >= 11 is 0. The van der Waals surface area contributed by atoms with Gasteiger partial charge in [0.05, 0.1) is 11.4 Å². The highest BCUT2D eigenvalue weighted by Crippen LogP contribution is 2.23. The molecule has 0 spiro atoms. The molecule has 3 rings (SSSR count). The number of carbonyl (C=O) groups excluding carboxylic acids is 1. The van der Waals surface area contributed by atoms with Crippen molar-refractivity contribution in [3.8, 4) is 11.4 Å². The summed E-state index contributed by atoms with van der Waals surface area (Å²) < 4.78 is 1.98. The fourth-order valence-electron chi connectivity index (χ4n) is 3.39. The van der Waals surface area contributed by atoms with Crippen LogP contribution in [0.1, 0.15) is 45.3 Å². The first kappa shape index (κ1) is 16.6. The van der Waals surface area contributed by atoms with E-state index in [0.29, 0.717) is 5.92 Å². The van der Waals surface area contributed by atoms with Gasteiger partial charge in [-0.05, 0) is 51.2 Å². The van der Waals surface area contributed by atoms with E-state index >= 15 is 0 Å². The number of carbonyl (C=O) groups is 1. The molecular formula is C18H25N5O. The van der Waals surface area contributed by atoms with Gasteiger partial charge in [-0.3, -0.25) is 9.48 Å². The molecular weight excluding hydrogens is 302 g/mol. The van der Waals surface area contributed by atoms with Crippen LogP contribution in [0.5, 0.6) is 0 Å². The van der Waals surface area contributed by atoms with Crippen LogP contribution in [-0.2, 0) is 11.2 Å². The summed E-state index contributed by atoms with van der Waals surface area (Å²) in [5.74, 6) is 0.643. The molecule has 0 aliphatic carbocycles. The van der Waals surface area contributed by atoms with Gasteiger partial charge in [-0.25, -0.2) is 9.97 Å². The van der Waals surface area contributed by atoms with Gasteiger partial charge in [0.25, 0.3) is 0 Å². The van der Waals surface area contributed by atoms with Gasteiger partial charge < -0.3 is 4.90 Å². The third kappa shape index (κ3) is 3.63. The zero-order valence-electron chi connectivity index (χ0n) is 14.6. The standard InChI is InChI=1S/C18H25N5O/c1-13(2)23-18(6-7-21-23)17-10-16(19-12-20-17)9-15-5-4-8-22(11-15)14(3)24/h6-7,10,12-13,15H,4-5,8-9,11H2,1-3H3. The smallest absolute Gasteiger partial charge is 0.219 e. The molecule has 6 heteroatoms. The number of nitrogens with zero attached hydrogens (tertiary/aromatic N) is 5. The predicted octanol–water partition coefficient (Wildman–Crippen LogP) is 2.72. The Kier molecular flexibility index (Phi) is 4.92. The molecule has 3 heterocycles. The third-order valence-electron chi connectivity index (χ3n) is 4.61. The fourth-order valence-corrected chi connectivity index (χ4v) is 3.39. The van der Waals surface area contributed by atoms with E-state index in [1.165, 1.54) is 0 Å². The van der Waals surface area contributed by atoms with Crippen LogP contribution in [0.15, 0.2) is 24.7 Å². The average Bonchev–Trinajstić information content (AvgIpc) is 3.05. The van der Waals surface area contributed by atoms with Crippen molar-refractivity contribution in [2.45, 2.75) is 46.1 Å². The minimum Gasteiger partial charge on any atom is -0.343 e. The first-order valence-electron chi connectivity index (χ1n) is 8.65. The molecule has 1 atom stereocenters. The van der Waals surface area contributed by atoms with Crippen LogP contribution in [0.2, 0.25) is 0 Å². The molecule has 128 valence electrons. The van der Waals surface area contributed by atoms with Crippen molar-refractivity contribution >= 4 is 5.91 Å². The maximum absolute atomic E-state index is 11.6. The molecule has 0 aromatic carbocycles. The van der Waals surface area contributed by atoms with Gasteiger partial charge in [0, 0.05) is 37.9 Å².